The number of anilines is 1. The van der Waals surface area contributed by atoms with E-state index in [1.165, 1.54) is 16.9 Å². The molecular formula is C24H26ClN3O2S. The Hall–Kier alpha value is -2.25. The first-order valence-corrected chi connectivity index (χ1v) is 11.6. The zero-order valence-corrected chi connectivity index (χ0v) is 19.2. The number of halogens is 1. The normalized spacial score (nSPS) is 19.3. The highest BCUT2D eigenvalue weighted by Crippen LogP contribution is 2.23. The fraction of sp³-hybridized carbons (Fsp3) is 0.333. The molecule has 7 heteroatoms. The van der Waals surface area contributed by atoms with Crippen molar-refractivity contribution in [2.45, 2.75) is 39.0 Å². The van der Waals surface area contributed by atoms with Gasteiger partial charge in [-0.3, -0.25) is 15.0 Å². The lowest BCUT2D eigenvalue weighted by atomic mass is 10.1. The number of hydrogen-bond acceptors (Lipinski definition) is 5. The van der Waals surface area contributed by atoms with Crippen LogP contribution in [0.5, 0.6) is 0 Å². The fourth-order valence-corrected chi connectivity index (χ4v) is 4.82. The van der Waals surface area contributed by atoms with Crippen LogP contribution in [-0.2, 0) is 17.7 Å². The molecule has 2 atom stereocenters. The summed E-state index contributed by atoms with van der Waals surface area (Å²) in [5, 5.41) is 4.24. The van der Waals surface area contributed by atoms with E-state index in [1.54, 1.807) is 0 Å². The van der Waals surface area contributed by atoms with Gasteiger partial charge in [0.1, 0.15) is 0 Å². The van der Waals surface area contributed by atoms with E-state index in [1.807, 2.05) is 54.7 Å². The Labute approximate surface area is 192 Å². The van der Waals surface area contributed by atoms with Gasteiger partial charge in [-0.25, -0.2) is 4.98 Å². The highest BCUT2D eigenvalue weighted by atomic mass is 35.5. The van der Waals surface area contributed by atoms with Crippen molar-refractivity contribution >= 4 is 34.0 Å². The summed E-state index contributed by atoms with van der Waals surface area (Å²) in [5.41, 5.74) is 2.98. The number of amides is 1. The van der Waals surface area contributed by atoms with Crippen LogP contribution in [0.4, 0.5) is 5.13 Å². The van der Waals surface area contributed by atoms with Crippen molar-refractivity contribution in [2.24, 2.45) is 0 Å². The van der Waals surface area contributed by atoms with E-state index in [0.29, 0.717) is 10.7 Å². The fourth-order valence-electron chi connectivity index (χ4n) is 3.85. The number of morpholine rings is 1. The van der Waals surface area contributed by atoms with Crippen LogP contribution in [0.2, 0.25) is 5.02 Å². The minimum absolute atomic E-state index is 0.146. The molecule has 0 saturated carbocycles. The Kier molecular flexibility index (Phi) is 7.02. The smallest absolute Gasteiger partial charge is 0.257 e. The number of aromatic nitrogens is 1. The molecule has 3 aromatic rings. The third-order valence-corrected chi connectivity index (χ3v) is 6.35. The maximum atomic E-state index is 12.6. The molecule has 2 unspecified atom stereocenters. The van der Waals surface area contributed by atoms with Crippen molar-refractivity contribution in [1.82, 2.24) is 9.88 Å². The van der Waals surface area contributed by atoms with Crippen LogP contribution in [0.25, 0.3) is 0 Å². The summed E-state index contributed by atoms with van der Waals surface area (Å²) in [4.78, 5) is 20.4. The first-order valence-electron chi connectivity index (χ1n) is 10.4. The molecule has 5 nitrogen and oxygen atoms in total. The van der Waals surface area contributed by atoms with Gasteiger partial charge in [-0.15, -0.1) is 11.3 Å². The van der Waals surface area contributed by atoms with Gasteiger partial charge in [0, 0.05) is 47.7 Å². The third-order valence-electron chi connectivity index (χ3n) is 5.18. The van der Waals surface area contributed by atoms with Crippen LogP contribution in [0.1, 0.15) is 40.2 Å². The van der Waals surface area contributed by atoms with Gasteiger partial charge in [-0.05, 0) is 49.2 Å². The molecule has 162 valence electrons. The zero-order valence-electron chi connectivity index (χ0n) is 17.7. The molecule has 4 rings (SSSR count). The molecule has 2 aromatic carbocycles. The molecule has 0 aliphatic carbocycles. The Balaban J connectivity index is 1.32. The number of carbonyl (C=O) groups excluding carboxylic acids is 1. The number of thiazole rings is 1. The average molecular weight is 456 g/mol. The molecule has 0 radical (unpaired) electrons. The van der Waals surface area contributed by atoms with Gasteiger partial charge in [-0.1, -0.05) is 35.9 Å². The van der Waals surface area contributed by atoms with E-state index in [2.05, 4.69) is 29.0 Å². The molecule has 1 aliphatic heterocycles. The lowest BCUT2D eigenvalue weighted by Gasteiger charge is -2.35. The molecule has 1 N–H and O–H groups in total. The topological polar surface area (TPSA) is 54.5 Å². The van der Waals surface area contributed by atoms with Crippen molar-refractivity contribution < 1.29 is 9.53 Å². The van der Waals surface area contributed by atoms with Gasteiger partial charge < -0.3 is 4.74 Å². The summed E-state index contributed by atoms with van der Waals surface area (Å²) in [5.74, 6) is -0.146. The summed E-state index contributed by atoms with van der Waals surface area (Å²) < 4.78 is 5.80. The van der Waals surface area contributed by atoms with Crippen molar-refractivity contribution in [3.63, 3.8) is 0 Å². The molecule has 31 heavy (non-hydrogen) atoms. The molecule has 1 aliphatic rings. The van der Waals surface area contributed by atoms with Crippen LogP contribution < -0.4 is 5.32 Å². The van der Waals surface area contributed by atoms with Crippen molar-refractivity contribution in [1.29, 1.82) is 0 Å². The van der Waals surface area contributed by atoms with E-state index < -0.39 is 0 Å². The summed E-state index contributed by atoms with van der Waals surface area (Å²) in [6.07, 6.45) is 3.06. The Bertz CT molecular complexity index is 1010. The van der Waals surface area contributed by atoms with Crippen LogP contribution in [-0.4, -0.2) is 41.1 Å². The maximum absolute atomic E-state index is 12.6. The number of nitrogens with one attached hydrogen (secondary N) is 1. The lowest BCUT2D eigenvalue weighted by molar-refractivity contribution is -0.0704. The first-order chi connectivity index (χ1) is 14.9. The van der Waals surface area contributed by atoms with Gasteiger partial charge in [-0.2, -0.15) is 0 Å². The van der Waals surface area contributed by atoms with Gasteiger partial charge in [0.05, 0.1) is 12.2 Å². The standard InChI is InChI=1S/C24H26ClN3O2S/c1-16-13-28(14-17(2)30-16)15-19-3-7-20(8-4-19)23(29)27-24-26-12-22(31-24)11-18-5-9-21(25)10-6-18/h3-10,12,16-17H,11,13-15H2,1-2H3,(H,26,27,29). The quantitative estimate of drug-likeness (QED) is 0.551. The Morgan fingerprint density at radius 1 is 1.10 bits per heavy atom. The molecule has 1 aromatic heterocycles. The van der Waals surface area contributed by atoms with E-state index in [0.717, 1.165) is 41.5 Å². The summed E-state index contributed by atoms with van der Waals surface area (Å²) in [6, 6.07) is 15.6. The van der Waals surface area contributed by atoms with Crippen LogP contribution in [0, 0.1) is 0 Å². The number of rotatable bonds is 6. The van der Waals surface area contributed by atoms with Gasteiger partial charge in [0.2, 0.25) is 0 Å². The van der Waals surface area contributed by atoms with Crippen LogP contribution in [0.15, 0.2) is 54.7 Å². The van der Waals surface area contributed by atoms with Crippen molar-refractivity contribution in [3.05, 3.63) is 81.3 Å². The van der Waals surface area contributed by atoms with E-state index in [9.17, 15) is 4.79 Å². The Morgan fingerprint density at radius 2 is 1.74 bits per heavy atom. The van der Waals surface area contributed by atoms with Crippen molar-refractivity contribution in [2.75, 3.05) is 18.4 Å². The monoisotopic (exact) mass is 455 g/mol. The largest absolute Gasteiger partial charge is 0.373 e. The SMILES string of the molecule is CC1CN(Cc2ccc(C(=O)Nc3ncc(Cc4ccc(Cl)cc4)s3)cc2)CC(C)O1. The highest BCUT2D eigenvalue weighted by Gasteiger charge is 2.22. The number of nitrogens with zero attached hydrogens (tertiary/aromatic N) is 2. The van der Waals surface area contributed by atoms with Gasteiger partial charge in [0.25, 0.3) is 5.91 Å². The van der Waals surface area contributed by atoms with Gasteiger partial charge in [0.15, 0.2) is 5.13 Å². The Morgan fingerprint density at radius 3 is 2.42 bits per heavy atom. The number of hydrogen-bond donors (Lipinski definition) is 1. The zero-order chi connectivity index (χ0) is 21.8. The van der Waals surface area contributed by atoms with Crippen LogP contribution in [0.3, 0.4) is 0 Å². The molecule has 0 bridgehead atoms. The predicted molar refractivity (Wildman–Crippen MR) is 126 cm³/mol. The van der Waals surface area contributed by atoms with Crippen LogP contribution >= 0.6 is 22.9 Å². The molecule has 1 amide bonds. The average Bonchev–Trinajstić information content (AvgIpc) is 3.16. The second-order valence-corrected chi connectivity index (χ2v) is 9.59. The third kappa shape index (κ3) is 6.14. The number of carbonyl (C=O) groups is 1. The minimum atomic E-state index is -0.146. The van der Waals surface area contributed by atoms with E-state index in [-0.39, 0.29) is 18.1 Å². The summed E-state index contributed by atoms with van der Waals surface area (Å²) >= 11 is 7.43. The van der Waals surface area contributed by atoms with E-state index in [4.69, 9.17) is 16.3 Å². The van der Waals surface area contributed by atoms with Gasteiger partial charge >= 0.3 is 0 Å². The number of benzene rings is 2. The molecular weight excluding hydrogens is 430 g/mol. The molecule has 1 saturated heterocycles. The molecule has 1 fully saturated rings. The predicted octanol–water partition coefficient (Wildman–Crippen LogP) is 5.25. The summed E-state index contributed by atoms with van der Waals surface area (Å²) in [6.45, 7) is 6.93. The lowest BCUT2D eigenvalue weighted by Crippen LogP contribution is -2.44. The second-order valence-electron chi connectivity index (χ2n) is 8.04. The second kappa shape index (κ2) is 9.92. The summed E-state index contributed by atoms with van der Waals surface area (Å²) in [7, 11) is 0. The maximum Gasteiger partial charge on any atom is 0.257 e. The minimum Gasteiger partial charge on any atom is -0.373 e. The molecule has 0 spiro atoms. The highest BCUT2D eigenvalue weighted by molar-refractivity contribution is 7.15. The number of ether oxygens (including phenoxy) is 1. The van der Waals surface area contributed by atoms with Crippen molar-refractivity contribution in [3.8, 4) is 0 Å². The van der Waals surface area contributed by atoms with E-state index >= 15 is 0 Å². The first kappa shape index (κ1) is 22.0. The molecule has 2 heterocycles.